The number of halogens is 2. The highest BCUT2D eigenvalue weighted by Crippen LogP contribution is 2.37. The number of aryl methyl sites for hydroxylation is 1. The van der Waals surface area contributed by atoms with Crippen LogP contribution in [-0.2, 0) is 0 Å². The number of anilines is 2. The molecule has 1 atom stereocenters. The molecule has 128 valence electrons. The zero-order valence-corrected chi connectivity index (χ0v) is 15.9. The SMILES string of the molecule is Cc1nc2c3c(nc(=O)n(I)c3c1F)N1CCN(C)CC1CN2C. The molecule has 24 heavy (non-hydrogen) atoms. The standard InChI is InChI=1S/C15H18FIN6O/c1-8-11(16)12-10-13(18-8)21(3)7-9-6-20(2)4-5-22(9)14(10)19-15(24)23(12)17/h9H,4-7H2,1-3H3. The Labute approximate surface area is 152 Å². The number of aromatic nitrogens is 3. The van der Waals surface area contributed by atoms with Gasteiger partial charge in [0.05, 0.1) is 40.0 Å². The van der Waals surface area contributed by atoms with Crippen molar-refractivity contribution in [3.8, 4) is 0 Å². The second-order valence-corrected chi connectivity index (χ2v) is 7.51. The maximum Gasteiger partial charge on any atom is 0.359 e. The van der Waals surface area contributed by atoms with E-state index >= 15 is 0 Å². The van der Waals surface area contributed by atoms with Crippen LogP contribution >= 0.6 is 22.9 Å². The minimum Gasteiger partial charge on any atom is -0.357 e. The topological polar surface area (TPSA) is 57.5 Å². The number of fused-ring (bicyclic) bond motifs is 2. The fourth-order valence-electron chi connectivity index (χ4n) is 3.66. The van der Waals surface area contributed by atoms with E-state index in [2.05, 4.69) is 26.8 Å². The molecule has 0 radical (unpaired) electrons. The Kier molecular flexibility index (Phi) is 3.68. The van der Waals surface area contributed by atoms with E-state index in [1.165, 1.54) is 2.78 Å². The Hall–Kier alpha value is -1.49. The average Bonchev–Trinajstić information content (AvgIpc) is 2.63. The first-order valence-corrected chi connectivity index (χ1v) is 8.80. The summed E-state index contributed by atoms with van der Waals surface area (Å²) in [7, 11) is 4.05. The zero-order chi connectivity index (χ0) is 17.2. The summed E-state index contributed by atoms with van der Waals surface area (Å²) in [5.74, 6) is 0.797. The van der Waals surface area contributed by atoms with E-state index < -0.39 is 11.5 Å². The number of nitrogens with zero attached hydrogens (tertiary/aromatic N) is 6. The number of piperazine rings is 1. The van der Waals surface area contributed by atoms with Crippen molar-refractivity contribution in [2.75, 3.05) is 50.1 Å². The monoisotopic (exact) mass is 444 g/mol. The molecule has 1 fully saturated rings. The normalized spacial score (nSPS) is 21.1. The third-order valence-electron chi connectivity index (χ3n) is 4.85. The van der Waals surface area contributed by atoms with Crippen LogP contribution in [0.1, 0.15) is 5.69 Å². The van der Waals surface area contributed by atoms with Gasteiger partial charge < -0.3 is 14.7 Å². The molecule has 0 N–H and O–H groups in total. The Morgan fingerprint density at radius 2 is 1.92 bits per heavy atom. The summed E-state index contributed by atoms with van der Waals surface area (Å²) in [4.78, 5) is 27.6. The maximum absolute atomic E-state index is 14.8. The predicted octanol–water partition coefficient (Wildman–Crippen LogP) is 1.01. The summed E-state index contributed by atoms with van der Waals surface area (Å²) >= 11 is 1.82. The van der Waals surface area contributed by atoms with Crippen molar-refractivity contribution >= 4 is 45.4 Å². The van der Waals surface area contributed by atoms with E-state index in [0.717, 1.165) is 26.2 Å². The molecule has 2 aromatic rings. The van der Waals surface area contributed by atoms with Crippen molar-refractivity contribution in [3.63, 3.8) is 0 Å². The van der Waals surface area contributed by atoms with Crippen LogP contribution in [0.4, 0.5) is 16.0 Å². The number of rotatable bonds is 0. The summed E-state index contributed by atoms with van der Waals surface area (Å²) < 4.78 is 16.1. The van der Waals surface area contributed by atoms with Crippen LogP contribution in [-0.4, -0.2) is 64.0 Å². The predicted molar refractivity (Wildman–Crippen MR) is 99.8 cm³/mol. The maximum atomic E-state index is 14.8. The van der Waals surface area contributed by atoms with Crippen LogP contribution < -0.4 is 15.5 Å². The second-order valence-electron chi connectivity index (χ2n) is 6.55. The van der Waals surface area contributed by atoms with E-state index in [9.17, 15) is 9.18 Å². The summed E-state index contributed by atoms with van der Waals surface area (Å²) in [6.07, 6.45) is 0. The molecule has 2 aromatic heterocycles. The molecule has 1 saturated heterocycles. The van der Waals surface area contributed by atoms with Gasteiger partial charge in [-0.25, -0.2) is 16.9 Å². The third-order valence-corrected chi connectivity index (χ3v) is 5.75. The molecular weight excluding hydrogens is 426 g/mol. The lowest BCUT2D eigenvalue weighted by molar-refractivity contribution is 0.268. The Morgan fingerprint density at radius 1 is 1.17 bits per heavy atom. The lowest BCUT2D eigenvalue weighted by Gasteiger charge is -2.40. The molecule has 4 heterocycles. The number of hydrogen-bond acceptors (Lipinski definition) is 6. The van der Waals surface area contributed by atoms with Gasteiger partial charge in [0.25, 0.3) is 0 Å². The van der Waals surface area contributed by atoms with Crippen molar-refractivity contribution in [2.45, 2.75) is 13.0 Å². The molecule has 0 aliphatic carbocycles. The van der Waals surface area contributed by atoms with Crippen LogP contribution in [0.25, 0.3) is 10.9 Å². The molecule has 7 nitrogen and oxygen atoms in total. The lowest BCUT2D eigenvalue weighted by atomic mass is 10.1. The Morgan fingerprint density at radius 3 is 2.67 bits per heavy atom. The molecule has 1 unspecified atom stereocenters. The second kappa shape index (κ2) is 5.51. The molecule has 0 amide bonds. The molecule has 0 aromatic carbocycles. The van der Waals surface area contributed by atoms with E-state index in [4.69, 9.17) is 0 Å². The molecule has 0 spiro atoms. The fraction of sp³-hybridized carbons (Fsp3) is 0.533. The van der Waals surface area contributed by atoms with Gasteiger partial charge >= 0.3 is 5.69 Å². The third kappa shape index (κ3) is 2.20. The molecule has 0 saturated carbocycles. The van der Waals surface area contributed by atoms with E-state index in [1.807, 2.05) is 34.8 Å². The van der Waals surface area contributed by atoms with Crippen molar-refractivity contribution in [1.29, 1.82) is 0 Å². The van der Waals surface area contributed by atoms with E-state index in [-0.39, 0.29) is 11.6 Å². The Bertz CT molecular complexity index is 900. The van der Waals surface area contributed by atoms with Gasteiger partial charge in [-0.05, 0) is 14.0 Å². The molecule has 2 aliphatic heterocycles. The van der Waals surface area contributed by atoms with Gasteiger partial charge in [0.15, 0.2) is 5.82 Å². The van der Waals surface area contributed by atoms with E-state index in [1.54, 1.807) is 6.92 Å². The first-order valence-electron chi connectivity index (χ1n) is 7.84. The Balaban J connectivity index is 2.10. The van der Waals surface area contributed by atoms with Gasteiger partial charge in [-0.1, -0.05) is 0 Å². The summed E-state index contributed by atoms with van der Waals surface area (Å²) in [6, 6.07) is 0.187. The number of likely N-dealkylation sites (N-methyl/N-ethyl adjacent to an activating group) is 2. The van der Waals surface area contributed by atoms with Crippen LogP contribution in [0.2, 0.25) is 0 Å². The first-order chi connectivity index (χ1) is 11.4. The minimum atomic E-state index is -0.454. The number of pyridine rings is 1. The summed E-state index contributed by atoms with van der Waals surface area (Å²) in [5, 5.41) is 0.627. The molecule has 2 aliphatic rings. The zero-order valence-electron chi connectivity index (χ0n) is 13.8. The van der Waals surface area contributed by atoms with Gasteiger partial charge in [-0.2, -0.15) is 4.98 Å². The largest absolute Gasteiger partial charge is 0.359 e. The molecule has 0 bridgehead atoms. The molecule has 4 rings (SSSR count). The first kappa shape index (κ1) is 16.0. The molecule has 9 heteroatoms. The van der Waals surface area contributed by atoms with Gasteiger partial charge in [0.1, 0.15) is 17.2 Å². The van der Waals surface area contributed by atoms with Crippen molar-refractivity contribution in [3.05, 3.63) is 22.0 Å². The van der Waals surface area contributed by atoms with Crippen molar-refractivity contribution < 1.29 is 4.39 Å². The van der Waals surface area contributed by atoms with Crippen LogP contribution in [0, 0.1) is 12.7 Å². The summed E-state index contributed by atoms with van der Waals surface area (Å²) in [6.45, 7) is 4.90. The number of hydrogen-bond donors (Lipinski definition) is 0. The fourth-order valence-corrected chi connectivity index (χ4v) is 4.22. The van der Waals surface area contributed by atoms with E-state index in [0.29, 0.717) is 22.7 Å². The van der Waals surface area contributed by atoms with Gasteiger partial charge in [0.2, 0.25) is 0 Å². The van der Waals surface area contributed by atoms with Crippen molar-refractivity contribution in [2.24, 2.45) is 0 Å². The highest BCUT2D eigenvalue weighted by Gasteiger charge is 2.35. The average molecular weight is 444 g/mol. The summed E-state index contributed by atoms with van der Waals surface area (Å²) in [5.41, 5.74) is 0.124. The van der Waals surface area contributed by atoms with Crippen LogP contribution in [0.5, 0.6) is 0 Å². The van der Waals surface area contributed by atoms with Gasteiger partial charge in [0, 0.05) is 33.2 Å². The minimum absolute atomic E-state index is 0.187. The quantitative estimate of drug-likeness (QED) is 0.566. The van der Waals surface area contributed by atoms with Gasteiger partial charge in [-0.15, -0.1) is 0 Å². The highest BCUT2D eigenvalue weighted by atomic mass is 127. The smallest absolute Gasteiger partial charge is 0.357 e. The lowest BCUT2D eigenvalue weighted by Crippen LogP contribution is -2.55. The highest BCUT2D eigenvalue weighted by molar-refractivity contribution is 14.1. The van der Waals surface area contributed by atoms with Crippen molar-refractivity contribution in [1.82, 2.24) is 17.6 Å². The van der Waals surface area contributed by atoms with Gasteiger partial charge in [-0.3, -0.25) is 0 Å². The van der Waals surface area contributed by atoms with Crippen LogP contribution in [0.15, 0.2) is 4.79 Å². The van der Waals surface area contributed by atoms with Crippen LogP contribution in [0.3, 0.4) is 0 Å². The molecular formula is C15H18FIN6O.